The summed E-state index contributed by atoms with van der Waals surface area (Å²) < 4.78 is 29.8. The van der Waals surface area contributed by atoms with Crippen molar-refractivity contribution in [1.82, 2.24) is 14.6 Å². The number of fused-ring (bicyclic) bond motifs is 1. The first-order valence-corrected chi connectivity index (χ1v) is 8.17. The number of aryl methyl sites for hydroxylation is 1. The van der Waals surface area contributed by atoms with Crippen LogP contribution in [-0.2, 0) is 4.79 Å². The van der Waals surface area contributed by atoms with Crippen molar-refractivity contribution in [2.45, 2.75) is 6.92 Å². The van der Waals surface area contributed by atoms with E-state index in [9.17, 15) is 13.6 Å². The highest BCUT2D eigenvalue weighted by atomic mass is 19.1. The number of benzene rings is 1. The highest BCUT2D eigenvalue weighted by molar-refractivity contribution is 5.85. The number of amides is 1. The topological polar surface area (TPSA) is 50.5 Å². The van der Waals surface area contributed by atoms with Crippen LogP contribution in [0.15, 0.2) is 61.1 Å². The van der Waals surface area contributed by atoms with Gasteiger partial charge >= 0.3 is 0 Å². The van der Waals surface area contributed by atoms with Crippen molar-refractivity contribution in [3.8, 4) is 11.1 Å². The second-order valence-corrected chi connectivity index (χ2v) is 6.02. The molecule has 1 amide bonds. The van der Waals surface area contributed by atoms with Crippen molar-refractivity contribution < 1.29 is 13.6 Å². The monoisotopic (exact) mass is 364 g/mol. The lowest BCUT2D eigenvalue weighted by Gasteiger charge is -2.18. The third-order valence-corrected chi connectivity index (χ3v) is 4.33. The lowest BCUT2D eigenvalue weighted by Crippen LogP contribution is -2.18. The molecule has 0 bridgehead atoms. The summed E-state index contributed by atoms with van der Waals surface area (Å²) in [6.45, 7) is 1.97. The smallest absolute Gasteiger partial charge is 0.220 e. The van der Waals surface area contributed by atoms with Crippen LogP contribution in [0, 0.1) is 18.6 Å². The molecule has 3 aromatic heterocycles. The molecule has 5 nitrogen and oxygen atoms in total. The van der Waals surface area contributed by atoms with E-state index in [-0.39, 0.29) is 5.82 Å². The predicted octanol–water partition coefficient (Wildman–Crippen LogP) is 4.28. The van der Waals surface area contributed by atoms with Crippen LogP contribution in [0.25, 0.3) is 16.6 Å². The third-order valence-electron chi connectivity index (χ3n) is 4.33. The molecule has 0 saturated carbocycles. The van der Waals surface area contributed by atoms with Gasteiger partial charge in [0.2, 0.25) is 6.41 Å². The van der Waals surface area contributed by atoms with Gasteiger partial charge in [-0.1, -0.05) is 6.07 Å². The number of para-hydroxylation sites is 1. The summed E-state index contributed by atoms with van der Waals surface area (Å²) in [6.07, 6.45) is 5.49. The summed E-state index contributed by atoms with van der Waals surface area (Å²) in [5.41, 5.74) is 3.27. The number of aromatic nitrogens is 3. The van der Waals surface area contributed by atoms with E-state index in [4.69, 9.17) is 0 Å². The minimum absolute atomic E-state index is 0.121. The number of carbonyl (C=O) groups excluding carboxylic acids is 1. The Hall–Kier alpha value is -3.61. The Kier molecular flexibility index (Phi) is 4.12. The summed E-state index contributed by atoms with van der Waals surface area (Å²) in [6, 6.07) is 10.6. The predicted molar refractivity (Wildman–Crippen MR) is 97.7 cm³/mol. The lowest BCUT2D eigenvalue weighted by molar-refractivity contribution is -0.106. The molecule has 0 aliphatic carbocycles. The van der Waals surface area contributed by atoms with Crippen molar-refractivity contribution in [3.05, 3.63) is 78.3 Å². The first-order valence-electron chi connectivity index (χ1n) is 8.17. The Balaban J connectivity index is 1.74. The highest BCUT2D eigenvalue weighted by Gasteiger charge is 2.19. The lowest BCUT2D eigenvalue weighted by atomic mass is 10.0. The van der Waals surface area contributed by atoms with Crippen molar-refractivity contribution >= 4 is 23.4 Å². The Morgan fingerprint density at radius 1 is 1.11 bits per heavy atom. The minimum Gasteiger partial charge on any atom is -0.278 e. The van der Waals surface area contributed by atoms with Crippen LogP contribution < -0.4 is 4.90 Å². The molecule has 0 unspecified atom stereocenters. The highest BCUT2D eigenvalue weighted by Crippen LogP contribution is 2.30. The SMILES string of the molecule is Cc1cc2ccnn2cc1-c1ccc(N(C=O)c2c(F)cccc2F)nc1. The zero-order valence-electron chi connectivity index (χ0n) is 14.3. The van der Waals surface area contributed by atoms with E-state index in [0.29, 0.717) is 6.41 Å². The van der Waals surface area contributed by atoms with Gasteiger partial charge in [0.15, 0.2) is 0 Å². The van der Waals surface area contributed by atoms with E-state index in [0.717, 1.165) is 39.2 Å². The summed E-state index contributed by atoms with van der Waals surface area (Å²) in [7, 11) is 0. The fourth-order valence-electron chi connectivity index (χ4n) is 3.00. The molecular formula is C20H14F2N4O. The van der Waals surface area contributed by atoms with Crippen LogP contribution in [0.1, 0.15) is 5.56 Å². The number of hydrogen-bond donors (Lipinski definition) is 0. The number of hydrogen-bond acceptors (Lipinski definition) is 3. The Morgan fingerprint density at radius 2 is 1.89 bits per heavy atom. The van der Waals surface area contributed by atoms with E-state index >= 15 is 0 Å². The molecule has 27 heavy (non-hydrogen) atoms. The molecule has 0 fully saturated rings. The van der Waals surface area contributed by atoms with Gasteiger partial charge in [-0.25, -0.2) is 18.3 Å². The van der Waals surface area contributed by atoms with E-state index in [1.807, 2.05) is 25.3 Å². The molecule has 0 spiro atoms. The normalized spacial score (nSPS) is 10.9. The molecule has 134 valence electrons. The number of anilines is 2. The van der Waals surface area contributed by atoms with Crippen LogP contribution in [0.4, 0.5) is 20.3 Å². The van der Waals surface area contributed by atoms with Crippen molar-refractivity contribution in [1.29, 1.82) is 0 Å². The van der Waals surface area contributed by atoms with Gasteiger partial charge in [-0.2, -0.15) is 5.10 Å². The minimum atomic E-state index is -0.840. The van der Waals surface area contributed by atoms with Crippen LogP contribution in [-0.4, -0.2) is 21.0 Å². The maximum absolute atomic E-state index is 14.0. The largest absolute Gasteiger partial charge is 0.278 e. The standard InChI is InChI=1S/C20H14F2N4O/c1-13-9-15-7-8-24-26(15)11-16(13)14-5-6-19(23-10-14)25(12-27)20-17(21)3-2-4-18(20)22/h2-12H,1H3. The molecule has 3 heterocycles. The fraction of sp³-hybridized carbons (Fsp3) is 0.0500. The quantitative estimate of drug-likeness (QED) is 0.508. The van der Waals surface area contributed by atoms with E-state index < -0.39 is 17.3 Å². The van der Waals surface area contributed by atoms with E-state index in [2.05, 4.69) is 10.1 Å². The van der Waals surface area contributed by atoms with Gasteiger partial charge in [-0.15, -0.1) is 0 Å². The molecule has 0 saturated heterocycles. The maximum atomic E-state index is 14.0. The first-order chi connectivity index (χ1) is 13.1. The van der Waals surface area contributed by atoms with Gasteiger partial charge in [0.1, 0.15) is 23.1 Å². The molecule has 0 atom stereocenters. The summed E-state index contributed by atoms with van der Waals surface area (Å²) in [5, 5.41) is 4.22. The van der Waals surface area contributed by atoms with Gasteiger partial charge in [0, 0.05) is 29.7 Å². The molecule has 0 aliphatic rings. The van der Waals surface area contributed by atoms with Gasteiger partial charge in [0.25, 0.3) is 0 Å². The second-order valence-electron chi connectivity index (χ2n) is 6.02. The molecule has 1 aromatic carbocycles. The zero-order chi connectivity index (χ0) is 19.0. The number of nitrogens with zero attached hydrogens (tertiary/aromatic N) is 4. The summed E-state index contributed by atoms with van der Waals surface area (Å²) >= 11 is 0. The van der Waals surface area contributed by atoms with Crippen molar-refractivity contribution in [3.63, 3.8) is 0 Å². The first kappa shape index (κ1) is 16.8. The number of carbonyl (C=O) groups is 1. The zero-order valence-corrected chi connectivity index (χ0v) is 14.3. The van der Waals surface area contributed by atoms with Crippen LogP contribution in [0.2, 0.25) is 0 Å². The Morgan fingerprint density at radius 3 is 2.56 bits per heavy atom. The van der Waals surface area contributed by atoms with Gasteiger partial charge < -0.3 is 0 Å². The average Bonchev–Trinajstić information content (AvgIpc) is 3.12. The molecule has 0 aliphatic heterocycles. The van der Waals surface area contributed by atoms with Crippen molar-refractivity contribution in [2.24, 2.45) is 0 Å². The fourth-order valence-corrected chi connectivity index (χ4v) is 3.00. The Bertz CT molecular complexity index is 1120. The van der Waals surface area contributed by atoms with Gasteiger partial charge in [0.05, 0.1) is 5.52 Å². The summed E-state index contributed by atoms with van der Waals surface area (Å²) in [4.78, 5) is 16.5. The maximum Gasteiger partial charge on any atom is 0.220 e. The molecule has 0 radical (unpaired) electrons. The average molecular weight is 364 g/mol. The van der Waals surface area contributed by atoms with Gasteiger partial charge in [-0.3, -0.25) is 9.69 Å². The van der Waals surface area contributed by atoms with Crippen molar-refractivity contribution in [2.75, 3.05) is 4.90 Å². The van der Waals surface area contributed by atoms with Gasteiger partial charge in [-0.05, 0) is 48.9 Å². The van der Waals surface area contributed by atoms with E-state index in [1.54, 1.807) is 29.0 Å². The molecule has 4 aromatic rings. The van der Waals surface area contributed by atoms with E-state index in [1.165, 1.54) is 6.07 Å². The number of halogens is 2. The number of pyridine rings is 2. The molecule has 0 N–H and O–H groups in total. The Labute approximate surface area is 153 Å². The van der Waals surface area contributed by atoms with Crippen LogP contribution >= 0.6 is 0 Å². The molecule has 4 rings (SSSR count). The number of rotatable bonds is 4. The van der Waals surface area contributed by atoms with Crippen LogP contribution in [0.5, 0.6) is 0 Å². The van der Waals surface area contributed by atoms with Crippen LogP contribution in [0.3, 0.4) is 0 Å². The second kappa shape index (κ2) is 6.60. The molecule has 7 heteroatoms. The summed E-state index contributed by atoms with van der Waals surface area (Å²) in [5.74, 6) is -1.56. The molecular weight excluding hydrogens is 350 g/mol. The third kappa shape index (κ3) is 2.93.